The van der Waals surface area contributed by atoms with Crippen molar-refractivity contribution in [3.63, 3.8) is 0 Å². The third-order valence-corrected chi connectivity index (χ3v) is 3.81. The molecule has 130 valence electrons. The van der Waals surface area contributed by atoms with Gasteiger partial charge in [-0.25, -0.2) is 9.59 Å². The van der Waals surface area contributed by atoms with Gasteiger partial charge in [-0.2, -0.15) is 18.2 Å². The van der Waals surface area contributed by atoms with Crippen LogP contribution >= 0.6 is 0 Å². The van der Waals surface area contributed by atoms with Gasteiger partial charge in [0, 0.05) is 14.1 Å². The molecule has 0 aliphatic carbocycles. The van der Waals surface area contributed by atoms with Gasteiger partial charge in [0.25, 0.3) is 0 Å². The predicted molar refractivity (Wildman–Crippen MR) is 86.9 cm³/mol. The molecule has 0 aliphatic heterocycles. The summed E-state index contributed by atoms with van der Waals surface area (Å²) in [6, 6.07) is 5.94. The molecular formula is C16H13F3N4O2. The third kappa shape index (κ3) is 3.12. The Labute approximate surface area is 138 Å². The number of nitrogens with zero attached hydrogens (tertiary/aromatic N) is 3. The highest BCUT2D eigenvalue weighted by Crippen LogP contribution is 2.27. The normalized spacial score (nSPS) is 12.4. The molecule has 0 amide bonds. The minimum atomic E-state index is -4.66. The van der Waals surface area contributed by atoms with Crippen LogP contribution in [0.1, 0.15) is 17.0 Å². The quantitative estimate of drug-likeness (QED) is 0.770. The average Bonchev–Trinajstić information content (AvgIpc) is 2.76. The van der Waals surface area contributed by atoms with Crippen LogP contribution in [0.15, 0.2) is 33.9 Å². The zero-order chi connectivity index (χ0) is 18.4. The number of benzene rings is 1. The number of imidazole rings is 1. The van der Waals surface area contributed by atoms with Crippen LogP contribution in [-0.2, 0) is 20.3 Å². The molecule has 0 atom stereocenters. The van der Waals surface area contributed by atoms with Gasteiger partial charge >= 0.3 is 17.6 Å². The van der Waals surface area contributed by atoms with E-state index in [1.165, 1.54) is 21.3 Å². The van der Waals surface area contributed by atoms with E-state index in [-0.39, 0.29) is 11.4 Å². The van der Waals surface area contributed by atoms with Crippen LogP contribution in [0.4, 0.5) is 13.2 Å². The van der Waals surface area contributed by atoms with Crippen molar-refractivity contribution in [2.45, 2.75) is 6.18 Å². The number of halogens is 3. The number of aromatic amines is 1. The van der Waals surface area contributed by atoms with Crippen molar-refractivity contribution in [3.8, 4) is 0 Å². The van der Waals surface area contributed by atoms with Crippen molar-refractivity contribution in [1.82, 2.24) is 19.1 Å². The maximum Gasteiger partial charge on any atom is 0.431 e. The Hall–Kier alpha value is -3.10. The fraction of sp³-hybridized carbons (Fsp3) is 0.188. The molecular weight excluding hydrogens is 337 g/mol. The summed E-state index contributed by atoms with van der Waals surface area (Å²) < 4.78 is 41.1. The van der Waals surface area contributed by atoms with Gasteiger partial charge in [-0.3, -0.25) is 9.13 Å². The molecule has 2 aromatic heterocycles. The Kier molecular flexibility index (Phi) is 3.86. The Balaban J connectivity index is 2.01. The molecule has 0 radical (unpaired) electrons. The highest BCUT2D eigenvalue weighted by molar-refractivity contribution is 5.81. The van der Waals surface area contributed by atoms with Crippen molar-refractivity contribution in [2.24, 2.45) is 14.1 Å². The second kappa shape index (κ2) is 5.76. The maximum atomic E-state index is 12.7. The standard InChI is InChI=1S/C16H13F3N4O2/c1-22-11-6-4-9(7-12(11)23(2)15(22)25)3-5-10-8-13(16(17,18)19)21-14(24)20-10/h3-8H,1-2H3,(H,20,21,24)/b5-3+. The number of aromatic nitrogens is 4. The first kappa shape index (κ1) is 16.7. The molecule has 0 aliphatic rings. The number of hydrogen-bond acceptors (Lipinski definition) is 3. The lowest BCUT2D eigenvalue weighted by Crippen LogP contribution is -2.19. The lowest BCUT2D eigenvalue weighted by Gasteiger charge is -2.05. The topological polar surface area (TPSA) is 72.7 Å². The first-order valence-corrected chi connectivity index (χ1v) is 7.19. The molecule has 6 nitrogen and oxygen atoms in total. The number of nitrogens with one attached hydrogen (secondary N) is 1. The first-order valence-electron chi connectivity index (χ1n) is 7.19. The lowest BCUT2D eigenvalue weighted by atomic mass is 10.1. The Bertz CT molecular complexity index is 1100. The maximum absolute atomic E-state index is 12.7. The largest absolute Gasteiger partial charge is 0.431 e. The monoisotopic (exact) mass is 350 g/mol. The molecule has 0 fully saturated rings. The smallest absolute Gasteiger partial charge is 0.302 e. The van der Waals surface area contributed by atoms with Crippen molar-refractivity contribution in [1.29, 1.82) is 0 Å². The van der Waals surface area contributed by atoms with E-state index in [1.54, 1.807) is 37.3 Å². The summed E-state index contributed by atoms with van der Waals surface area (Å²) in [5.74, 6) is 0. The Morgan fingerprint density at radius 1 is 1.04 bits per heavy atom. The summed E-state index contributed by atoms with van der Waals surface area (Å²) in [4.78, 5) is 28.4. The zero-order valence-electron chi connectivity index (χ0n) is 13.3. The fourth-order valence-electron chi connectivity index (χ4n) is 2.52. The minimum Gasteiger partial charge on any atom is -0.302 e. The molecule has 25 heavy (non-hydrogen) atoms. The third-order valence-electron chi connectivity index (χ3n) is 3.81. The molecule has 9 heteroatoms. The number of rotatable bonds is 2. The van der Waals surface area contributed by atoms with Crippen LogP contribution in [0.3, 0.4) is 0 Å². The molecule has 0 bridgehead atoms. The van der Waals surface area contributed by atoms with E-state index in [1.807, 2.05) is 0 Å². The molecule has 1 aromatic carbocycles. The van der Waals surface area contributed by atoms with Gasteiger partial charge in [-0.15, -0.1) is 0 Å². The molecule has 0 spiro atoms. The van der Waals surface area contributed by atoms with Crippen LogP contribution < -0.4 is 11.4 Å². The van der Waals surface area contributed by atoms with E-state index < -0.39 is 17.6 Å². The summed E-state index contributed by atoms with van der Waals surface area (Å²) in [6.45, 7) is 0. The summed E-state index contributed by atoms with van der Waals surface area (Å²) >= 11 is 0. The van der Waals surface area contributed by atoms with Crippen LogP contribution in [-0.4, -0.2) is 19.1 Å². The lowest BCUT2D eigenvalue weighted by molar-refractivity contribution is -0.141. The van der Waals surface area contributed by atoms with E-state index in [0.29, 0.717) is 11.1 Å². The molecule has 2 heterocycles. The number of H-pyrrole nitrogens is 1. The van der Waals surface area contributed by atoms with E-state index in [0.717, 1.165) is 11.6 Å². The number of alkyl halides is 3. The Morgan fingerprint density at radius 3 is 2.40 bits per heavy atom. The zero-order valence-corrected chi connectivity index (χ0v) is 13.3. The second-order valence-electron chi connectivity index (χ2n) is 5.50. The number of fused-ring (bicyclic) bond motifs is 1. The highest BCUT2D eigenvalue weighted by Gasteiger charge is 2.32. The van der Waals surface area contributed by atoms with Gasteiger partial charge < -0.3 is 4.98 Å². The second-order valence-corrected chi connectivity index (χ2v) is 5.50. The van der Waals surface area contributed by atoms with Crippen LogP contribution in [0.2, 0.25) is 0 Å². The predicted octanol–water partition coefficient (Wildman–Crippen LogP) is 2.15. The average molecular weight is 350 g/mol. The van der Waals surface area contributed by atoms with Crippen molar-refractivity contribution >= 4 is 23.2 Å². The van der Waals surface area contributed by atoms with E-state index in [4.69, 9.17) is 0 Å². The molecule has 0 saturated heterocycles. The van der Waals surface area contributed by atoms with E-state index >= 15 is 0 Å². The van der Waals surface area contributed by atoms with Gasteiger partial charge in [-0.05, 0) is 29.8 Å². The van der Waals surface area contributed by atoms with Gasteiger partial charge in [0.15, 0.2) is 0 Å². The van der Waals surface area contributed by atoms with Crippen LogP contribution in [0, 0.1) is 0 Å². The van der Waals surface area contributed by atoms with Crippen molar-refractivity contribution < 1.29 is 13.2 Å². The molecule has 0 unspecified atom stereocenters. The fourth-order valence-corrected chi connectivity index (χ4v) is 2.52. The summed E-state index contributed by atoms with van der Waals surface area (Å²) in [7, 11) is 3.28. The van der Waals surface area contributed by atoms with E-state index in [9.17, 15) is 22.8 Å². The summed E-state index contributed by atoms with van der Waals surface area (Å²) in [6.07, 6.45) is -1.82. The Morgan fingerprint density at radius 2 is 1.72 bits per heavy atom. The van der Waals surface area contributed by atoms with Gasteiger partial charge in [0.1, 0.15) is 5.69 Å². The molecule has 0 saturated carbocycles. The van der Waals surface area contributed by atoms with Gasteiger partial charge in [0.05, 0.1) is 16.7 Å². The van der Waals surface area contributed by atoms with E-state index in [2.05, 4.69) is 4.98 Å². The van der Waals surface area contributed by atoms with Crippen molar-refractivity contribution in [2.75, 3.05) is 0 Å². The number of hydrogen-bond donors (Lipinski definition) is 1. The molecule has 1 N–H and O–H groups in total. The van der Waals surface area contributed by atoms with Gasteiger partial charge in [-0.1, -0.05) is 12.1 Å². The molecule has 3 rings (SSSR count). The minimum absolute atomic E-state index is 0.113. The highest BCUT2D eigenvalue weighted by atomic mass is 19.4. The first-order chi connectivity index (χ1) is 11.7. The molecule has 3 aromatic rings. The SMILES string of the molecule is Cn1c(=O)n(C)c2cc(/C=C/c3cc(C(F)(F)F)[nH]c(=O)n3)ccc21. The van der Waals surface area contributed by atoms with Crippen molar-refractivity contribution in [3.05, 3.63) is 62.2 Å². The number of aryl methyl sites for hydroxylation is 2. The van der Waals surface area contributed by atoms with Gasteiger partial charge in [0.2, 0.25) is 0 Å². The summed E-state index contributed by atoms with van der Waals surface area (Å²) in [5.41, 5.74) is -0.448. The van der Waals surface area contributed by atoms with Crippen LogP contribution in [0.5, 0.6) is 0 Å². The van der Waals surface area contributed by atoms with Crippen LogP contribution in [0.25, 0.3) is 23.2 Å². The summed E-state index contributed by atoms with van der Waals surface area (Å²) in [5, 5.41) is 0.